The fourth-order valence-corrected chi connectivity index (χ4v) is 3.62. The topological polar surface area (TPSA) is 80.3 Å². The average molecular weight is 423 g/mol. The number of fused-ring (bicyclic) bond motifs is 1. The summed E-state index contributed by atoms with van der Waals surface area (Å²) >= 11 is 0.913. The third-order valence-electron chi connectivity index (χ3n) is 4.20. The maximum Gasteiger partial charge on any atom is 0.442 e. The van der Waals surface area contributed by atoms with Crippen molar-refractivity contribution in [3.05, 3.63) is 59.7 Å². The summed E-state index contributed by atoms with van der Waals surface area (Å²) in [6, 6.07) is 12.8. The predicted molar refractivity (Wildman–Crippen MR) is 103 cm³/mol. The van der Waals surface area contributed by atoms with Crippen molar-refractivity contribution in [2.45, 2.75) is 18.8 Å². The summed E-state index contributed by atoms with van der Waals surface area (Å²) in [5.74, 6) is -2.80. The smallest absolute Gasteiger partial charge is 0.442 e. The van der Waals surface area contributed by atoms with E-state index in [1.165, 1.54) is 12.1 Å². The summed E-state index contributed by atoms with van der Waals surface area (Å²) in [5, 5.41) is 3.66. The van der Waals surface area contributed by atoms with Crippen molar-refractivity contribution in [3.8, 4) is 0 Å². The summed E-state index contributed by atoms with van der Waals surface area (Å²) in [5.41, 5.74) is -2.62. The van der Waals surface area contributed by atoms with Gasteiger partial charge in [-0.1, -0.05) is 41.7 Å². The number of thiazole rings is 1. The lowest BCUT2D eigenvalue weighted by molar-refractivity contribution is -0.203. The van der Waals surface area contributed by atoms with Crippen LogP contribution in [0.2, 0.25) is 0 Å². The van der Waals surface area contributed by atoms with Crippen LogP contribution >= 0.6 is 11.3 Å². The zero-order valence-corrected chi connectivity index (χ0v) is 16.1. The third-order valence-corrected chi connectivity index (χ3v) is 5.15. The molecule has 0 saturated heterocycles. The first-order chi connectivity index (χ1) is 13.7. The van der Waals surface area contributed by atoms with E-state index in [1.807, 2.05) is 0 Å². The number of esters is 1. The molecule has 0 bridgehead atoms. The maximum atomic E-state index is 14.1. The van der Waals surface area contributed by atoms with Gasteiger partial charge >= 0.3 is 17.8 Å². The Bertz CT molecular complexity index is 1030. The minimum Gasteiger partial charge on any atom is -0.466 e. The molecule has 6 nitrogen and oxygen atoms in total. The van der Waals surface area contributed by atoms with Gasteiger partial charge in [0.25, 0.3) is 5.91 Å². The van der Waals surface area contributed by atoms with E-state index in [0.717, 1.165) is 18.4 Å². The number of nitrogens with one attached hydrogen (secondary N) is 2. The molecule has 10 heteroatoms. The van der Waals surface area contributed by atoms with E-state index < -0.39 is 23.7 Å². The number of amides is 1. The fourth-order valence-electron chi connectivity index (χ4n) is 2.70. The molecule has 3 aromatic rings. The van der Waals surface area contributed by atoms with Gasteiger partial charge in [-0.3, -0.25) is 4.79 Å². The van der Waals surface area contributed by atoms with Gasteiger partial charge in [0.1, 0.15) is 0 Å². The molecular weight excluding hydrogens is 407 g/mol. The van der Waals surface area contributed by atoms with Gasteiger partial charge in [-0.2, -0.15) is 13.2 Å². The quantitative estimate of drug-likeness (QED) is 0.481. The number of hydrogen-bond donors (Lipinski definition) is 2. The number of carbonyl (C=O) groups is 2. The van der Waals surface area contributed by atoms with Crippen molar-refractivity contribution < 1.29 is 27.5 Å². The van der Waals surface area contributed by atoms with Crippen LogP contribution in [-0.2, 0) is 9.53 Å². The van der Waals surface area contributed by atoms with E-state index in [4.69, 9.17) is 0 Å². The zero-order chi connectivity index (χ0) is 21.2. The van der Waals surface area contributed by atoms with E-state index in [-0.39, 0.29) is 10.7 Å². The number of methoxy groups -OCH3 is 1. The first-order valence-electron chi connectivity index (χ1n) is 8.35. The third kappa shape index (κ3) is 3.88. The second-order valence-corrected chi connectivity index (χ2v) is 7.15. The normalized spacial score (nSPS) is 13.6. The molecule has 0 aliphatic rings. The van der Waals surface area contributed by atoms with Crippen LogP contribution in [0.4, 0.5) is 18.3 Å². The Hall–Kier alpha value is -3.14. The lowest BCUT2D eigenvalue weighted by Gasteiger charge is -2.34. The molecule has 0 aliphatic carbocycles. The molecule has 0 aliphatic heterocycles. The Morgan fingerprint density at radius 1 is 1.07 bits per heavy atom. The molecule has 1 aromatic heterocycles. The molecule has 1 amide bonds. The lowest BCUT2D eigenvalue weighted by Crippen LogP contribution is -2.69. The van der Waals surface area contributed by atoms with Crippen LogP contribution in [0.3, 0.4) is 0 Å². The van der Waals surface area contributed by atoms with Crippen LogP contribution in [0, 0.1) is 6.92 Å². The van der Waals surface area contributed by atoms with Gasteiger partial charge in [0.05, 0.1) is 17.3 Å². The fraction of sp³-hybridized carbons (Fsp3) is 0.211. The number of anilines is 1. The van der Waals surface area contributed by atoms with Crippen molar-refractivity contribution in [1.82, 2.24) is 10.3 Å². The zero-order valence-electron chi connectivity index (χ0n) is 15.3. The monoisotopic (exact) mass is 423 g/mol. The summed E-state index contributed by atoms with van der Waals surface area (Å²) < 4.78 is 47.4. The van der Waals surface area contributed by atoms with Crippen molar-refractivity contribution in [1.29, 1.82) is 0 Å². The van der Waals surface area contributed by atoms with Gasteiger partial charge in [-0.05, 0) is 30.7 Å². The van der Waals surface area contributed by atoms with E-state index >= 15 is 0 Å². The Morgan fingerprint density at radius 2 is 1.72 bits per heavy atom. The number of ether oxygens (including phenoxy) is 1. The van der Waals surface area contributed by atoms with Gasteiger partial charge in [-0.25, -0.2) is 9.78 Å². The largest absolute Gasteiger partial charge is 0.466 e. The first-order valence-corrected chi connectivity index (χ1v) is 9.16. The number of nitrogens with zero attached hydrogens (tertiary/aromatic N) is 1. The molecule has 1 heterocycles. The van der Waals surface area contributed by atoms with E-state index in [1.54, 1.807) is 48.6 Å². The summed E-state index contributed by atoms with van der Waals surface area (Å²) in [7, 11) is 0.808. The predicted octanol–water partition coefficient (Wildman–Crippen LogP) is 3.88. The molecule has 152 valence electrons. The number of aryl methyl sites for hydroxylation is 1. The number of aromatic nitrogens is 1. The SMILES string of the molecule is COC(=O)C(NC(=O)c1ccccc1C)(Nc1nc2ccccc2s1)C(F)(F)F. The van der Waals surface area contributed by atoms with Crippen LogP contribution in [0.1, 0.15) is 15.9 Å². The Labute approximate surface area is 167 Å². The Morgan fingerprint density at radius 3 is 2.34 bits per heavy atom. The molecule has 2 N–H and O–H groups in total. The molecule has 0 fully saturated rings. The summed E-state index contributed by atoms with van der Waals surface area (Å²) in [6.45, 7) is 1.57. The maximum absolute atomic E-state index is 14.1. The van der Waals surface area contributed by atoms with Crippen LogP contribution in [0.5, 0.6) is 0 Å². The summed E-state index contributed by atoms with van der Waals surface area (Å²) in [6.07, 6.45) is -5.23. The van der Waals surface area contributed by atoms with Gasteiger partial charge in [0.15, 0.2) is 5.13 Å². The number of alkyl halides is 3. The van der Waals surface area contributed by atoms with Gasteiger partial charge in [-0.15, -0.1) is 0 Å². The second kappa shape index (κ2) is 7.70. The highest BCUT2D eigenvalue weighted by Crippen LogP contribution is 2.36. The minimum atomic E-state index is -5.23. The number of hydrogen-bond acceptors (Lipinski definition) is 6. The van der Waals surface area contributed by atoms with Crippen LogP contribution < -0.4 is 10.6 Å². The lowest BCUT2D eigenvalue weighted by atomic mass is 10.1. The van der Waals surface area contributed by atoms with E-state index in [9.17, 15) is 22.8 Å². The van der Waals surface area contributed by atoms with Crippen LogP contribution in [0.25, 0.3) is 10.2 Å². The van der Waals surface area contributed by atoms with Crippen LogP contribution in [-0.4, -0.2) is 35.8 Å². The molecule has 0 radical (unpaired) electrons. The first kappa shape index (κ1) is 20.6. The highest BCUT2D eigenvalue weighted by Gasteiger charge is 2.64. The molecule has 29 heavy (non-hydrogen) atoms. The minimum absolute atomic E-state index is 0.00359. The molecular formula is C19H16F3N3O3S. The molecule has 3 rings (SSSR count). The number of halogens is 3. The molecule has 0 spiro atoms. The van der Waals surface area contributed by atoms with Crippen molar-refractivity contribution in [2.24, 2.45) is 0 Å². The number of benzene rings is 2. The van der Waals surface area contributed by atoms with Crippen molar-refractivity contribution in [2.75, 3.05) is 12.4 Å². The molecule has 1 atom stereocenters. The number of rotatable bonds is 5. The Balaban J connectivity index is 2.06. The number of para-hydroxylation sites is 1. The van der Waals surface area contributed by atoms with Gasteiger partial charge < -0.3 is 15.4 Å². The summed E-state index contributed by atoms with van der Waals surface area (Å²) in [4.78, 5) is 29.0. The van der Waals surface area contributed by atoms with Crippen LogP contribution in [0.15, 0.2) is 48.5 Å². The van der Waals surface area contributed by atoms with E-state index in [0.29, 0.717) is 15.8 Å². The highest BCUT2D eigenvalue weighted by atomic mass is 32.1. The highest BCUT2D eigenvalue weighted by molar-refractivity contribution is 7.22. The van der Waals surface area contributed by atoms with Gasteiger partial charge in [0.2, 0.25) is 0 Å². The standard InChI is InChI=1S/C19H16F3N3O3S/c1-11-7-3-4-8-12(11)15(26)24-18(16(27)28-2,19(20,21)22)25-17-23-13-9-5-6-10-14(13)29-17/h3-10H,1-2H3,(H,23,25)(H,24,26). The Kier molecular flexibility index (Phi) is 5.47. The van der Waals surface area contributed by atoms with Gasteiger partial charge in [0, 0.05) is 5.56 Å². The molecule has 2 aromatic carbocycles. The second-order valence-electron chi connectivity index (χ2n) is 6.12. The number of carbonyl (C=O) groups excluding carboxylic acids is 2. The van der Waals surface area contributed by atoms with Crippen molar-refractivity contribution in [3.63, 3.8) is 0 Å². The molecule has 1 unspecified atom stereocenters. The van der Waals surface area contributed by atoms with E-state index in [2.05, 4.69) is 15.0 Å². The van der Waals surface area contributed by atoms with Crippen molar-refractivity contribution >= 4 is 38.6 Å². The average Bonchev–Trinajstić information content (AvgIpc) is 3.08. The molecule has 0 saturated carbocycles.